The number of fused-ring (bicyclic) bond motifs is 1. The smallest absolute Gasteiger partial charge is 0.0988 e. The van der Waals surface area contributed by atoms with Gasteiger partial charge in [-0.1, -0.05) is 11.6 Å². The van der Waals surface area contributed by atoms with E-state index in [2.05, 4.69) is 42.0 Å². The summed E-state index contributed by atoms with van der Waals surface area (Å²) < 4.78 is 7.50. The molecular formula is C12H13NO. The predicted octanol–water partition coefficient (Wildman–Crippen LogP) is 2.35. The van der Waals surface area contributed by atoms with Crippen molar-refractivity contribution in [3.05, 3.63) is 36.0 Å². The van der Waals surface area contributed by atoms with Gasteiger partial charge >= 0.3 is 0 Å². The lowest BCUT2D eigenvalue weighted by Gasteiger charge is -2.02. The second-order valence-corrected chi connectivity index (χ2v) is 3.99. The Morgan fingerprint density at radius 3 is 3.07 bits per heavy atom. The largest absolute Gasteiger partial charge is 0.371 e. The maximum absolute atomic E-state index is 5.23. The summed E-state index contributed by atoms with van der Waals surface area (Å²) >= 11 is 0. The van der Waals surface area contributed by atoms with Gasteiger partial charge in [-0.15, -0.1) is 0 Å². The van der Waals surface area contributed by atoms with Crippen LogP contribution in [0.15, 0.2) is 30.5 Å². The second kappa shape index (κ2) is 2.85. The Labute approximate surface area is 83.1 Å². The molecule has 0 aliphatic carbocycles. The van der Waals surface area contributed by atoms with Gasteiger partial charge in [0.1, 0.15) is 0 Å². The number of ether oxygens (including phenoxy) is 1. The molecule has 2 aromatic rings. The van der Waals surface area contributed by atoms with Gasteiger partial charge in [-0.3, -0.25) is 0 Å². The fourth-order valence-corrected chi connectivity index (χ4v) is 1.87. The van der Waals surface area contributed by atoms with E-state index >= 15 is 0 Å². The Hall–Kier alpha value is -1.28. The minimum absolute atomic E-state index is 0.451. The number of hydrogen-bond donors (Lipinski definition) is 0. The molecule has 0 amide bonds. The fraction of sp³-hybridized carbons (Fsp3) is 0.333. The van der Waals surface area contributed by atoms with Gasteiger partial charge in [0.05, 0.1) is 19.3 Å². The molecule has 2 heterocycles. The molecule has 14 heavy (non-hydrogen) atoms. The van der Waals surface area contributed by atoms with Gasteiger partial charge in [0.15, 0.2) is 0 Å². The quantitative estimate of drug-likeness (QED) is 0.660. The molecule has 1 unspecified atom stereocenters. The third kappa shape index (κ3) is 1.32. The number of rotatable bonds is 2. The molecule has 1 fully saturated rings. The monoisotopic (exact) mass is 187 g/mol. The molecule has 1 aliphatic rings. The number of nitrogens with zero attached hydrogens (tertiary/aromatic N) is 1. The molecule has 0 bridgehead atoms. The average molecular weight is 187 g/mol. The van der Waals surface area contributed by atoms with Crippen LogP contribution in [0.4, 0.5) is 0 Å². The van der Waals surface area contributed by atoms with Crippen molar-refractivity contribution in [2.45, 2.75) is 19.6 Å². The standard InChI is InChI=1S/C12H13NO/c1-9-2-3-12-10(6-9)4-5-13(12)7-11-8-14-11/h2-6,11H,7-8H2,1H3. The zero-order valence-electron chi connectivity index (χ0n) is 8.23. The highest BCUT2D eigenvalue weighted by atomic mass is 16.6. The van der Waals surface area contributed by atoms with Crippen molar-refractivity contribution in [3.8, 4) is 0 Å². The molecule has 0 spiro atoms. The third-order valence-corrected chi connectivity index (χ3v) is 2.73. The third-order valence-electron chi connectivity index (χ3n) is 2.73. The van der Waals surface area contributed by atoms with E-state index in [1.54, 1.807) is 0 Å². The summed E-state index contributed by atoms with van der Waals surface area (Å²) in [4.78, 5) is 0. The van der Waals surface area contributed by atoms with Gasteiger partial charge in [-0.25, -0.2) is 0 Å². The van der Waals surface area contributed by atoms with Crippen LogP contribution in [0.1, 0.15) is 5.56 Å². The van der Waals surface area contributed by atoms with Gasteiger partial charge in [-0.05, 0) is 30.5 Å². The Morgan fingerprint density at radius 2 is 2.29 bits per heavy atom. The zero-order valence-corrected chi connectivity index (χ0v) is 8.23. The van der Waals surface area contributed by atoms with E-state index in [9.17, 15) is 0 Å². The summed E-state index contributed by atoms with van der Waals surface area (Å²) in [6.07, 6.45) is 2.60. The van der Waals surface area contributed by atoms with Crippen molar-refractivity contribution < 1.29 is 4.74 Å². The molecular weight excluding hydrogens is 174 g/mol. The van der Waals surface area contributed by atoms with E-state index < -0.39 is 0 Å². The number of aryl methyl sites for hydroxylation is 1. The molecule has 0 N–H and O–H groups in total. The van der Waals surface area contributed by atoms with E-state index in [-0.39, 0.29) is 0 Å². The Morgan fingerprint density at radius 1 is 1.43 bits per heavy atom. The first-order valence-corrected chi connectivity index (χ1v) is 5.00. The molecule has 1 atom stereocenters. The molecule has 2 nitrogen and oxygen atoms in total. The van der Waals surface area contributed by atoms with Crippen molar-refractivity contribution in [1.82, 2.24) is 4.57 Å². The molecule has 0 saturated carbocycles. The summed E-state index contributed by atoms with van der Waals surface area (Å²) in [6, 6.07) is 8.74. The van der Waals surface area contributed by atoms with E-state index in [4.69, 9.17) is 4.74 Å². The molecule has 1 aromatic heterocycles. The van der Waals surface area contributed by atoms with Gasteiger partial charge in [0.2, 0.25) is 0 Å². The first kappa shape index (κ1) is 8.06. The van der Waals surface area contributed by atoms with Gasteiger partial charge < -0.3 is 9.30 Å². The maximum atomic E-state index is 5.23. The number of hydrogen-bond acceptors (Lipinski definition) is 1. The van der Waals surface area contributed by atoms with Gasteiger partial charge in [0, 0.05) is 11.7 Å². The lowest BCUT2D eigenvalue weighted by molar-refractivity contribution is 0.385. The topological polar surface area (TPSA) is 17.5 Å². The van der Waals surface area contributed by atoms with Crippen molar-refractivity contribution >= 4 is 10.9 Å². The van der Waals surface area contributed by atoms with E-state index in [1.165, 1.54) is 16.5 Å². The van der Waals surface area contributed by atoms with Crippen LogP contribution in [-0.4, -0.2) is 17.3 Å². The van der Waals surface area contributed by atoms with Crippen LogP contribution in [0.3, 0.4) is 0 Å². The van der Waals surface area contributed by atoms with Crippen molar-refractivity contribution in [2.75, 3.05) is 6.61 Å². The first-order valence-electron chi connectivity index (χ1n) is 5.00. The van der Waals surface area contributed by atoms with E-state index in [0.29, 0.717) is 6.10 Å². The minimum Gasteiger partial charge on any atom is -0.371 e. The van der Waals surface area contributed by atoms with Crippen LogP contribution in [0, 0.1) is 6.92 Å². The lowest BCUT2D eigenvalue weighted by atomic mass is 10.2. The predicted molar refractivity (Wildman–Crippen MR) is 56.4 cm³/mol. The van der Waals surface area contributed by atoms with Crippen LogP contribution in [0.5, 0.6) is 0 Å². The molecule has 2 heteroatoms. The van der Waals surface area contributed by atoms with Gasteiger partial charge in [-0.2, -0.15) is 0 Å². The number of aromatic nitrogens is 1. The van der Waals surface area contributed by atoms with Crippen LogP contribution < -0.4 is 0 Å². The highest BCUT2D eigenvalue weighted by molar-refractivity contribution is 5.80. The average Bonchev–Trinajstić information content (AvgIpc) is 2.89. The van der Waals surface area contributed by atoms with Crippen LogP contribution >= 0.6 is 0 Å². The molecule has 1 aromatic carbocycles. The van der Waals surface area contributed by atoms with Crippen molar-refractivity contribution in [3.63, 3.8) is 0 Å². The minimum atomic E-state index is 0.451. The fourth-order valence-electron chi connectivity index (χ4n) is 1.87. The van der Waals surface area contributed by atoms with Crippen molar-refractivity contribution in [1.29, 1.82) is 0 Å². The van der Waals surface area contributed by atoms with Crippen molar-refractivity contribution in [2.24, 2.45) is 0 Å². The summed E-state index contributed by atoms with van der Waals surface area (Å²) in [5.74, 6) is 0. The molecule has 3 rings (SSSR count). The Balaban J connectivity index is 2.06. The van der Waals surface area contributed by atoms with Gasteiger partial charge in [0.25, 0.3) is 0 Å². The first-order chi connectivity index (χ1) is 6.83. The lowest BCUT2D eigenvalue weighted by Crippen LogP contribution is -2.01. The second-order valence-electron chi connectivity index (χ2n) is 3.99. The molecule has 0 radical (unpaired) electrons. The Bertz CT molecular complexity index is 468. The molecule has 1 aliphatic heterocycles. The van der Waals surface area contributed by atoms with Crippen LogP contribution in [-0.2, 0) is 11.3 Å². The summed E-state index contributed by atoms with van der Waals surface area (Å²) in [5.41, 5.74) is 2.63. The SMILES string of the molecule is Cc1ccc2c(ccn2CC2CO2)c1. The number of benzene rings is 1. The maximum Gasteiger partial charge on any atom is 0.0988 e. The van der Waals surface area contributed by atoms with E-state index in [0.717, 1.165) is 13.2 Å². The molecule has 72 valence electrons. The normalized spacial score (nSPS) is 20.2. The zero-order chi connectivity index (χ0) is 9.54. The summed E-state index contributed by atoms with van der Waals surface area (Å²) in [7, 11) is 0. The number of epoxide rings is 1. The summed E-state index contributed by atoms with van der Waals surface area (Å²) in [5, 5.41) is 1.32. The van der Waals surface area contributed by atoms with Crippen LogP contribution in [0.2, 0.25) is 0 Å². The summed E-state index contributed by atoms with van der Waals surface area (Å²) in [6.45, 7) is 4.04. The Kier molecular flexibility index (Phi) is 1.64. The van der Waals surface area contributed by atoms with E-state index in [1.807, 2.05) is 0 Å². The van der Waals surface area contributed by atoms with Crippen LogP contribution in [0.25, 0.3) is 10.9 Å². The highest BCUT2D eigenvalue weighted by Gasteiger charge is 2.22. The highest BCUT2D eigenvalue weighted by Crippen LogP contribution is 2.20. The molecule has 1 saturated heterocycles.